The molecule has 154 valence electrons. The Labute approximate surface area is 189 Å². The number of amides is 1. The Bertz CT molecular complexity index is 788. The first-order chi connectivity index (χ1) is 12.9. The van der Waals surface area contributed by atoms with E-state index < -0.39 is 0 Å². The number of halogens is 1. The summed E-state index contributed by atoms with van der Waals surface area (Å²) in [4.78, 5) is 20.7. The van der Waals surface area contributed by atoms with Crippen LogP contribution in [0.3, 0.4) is 0 Å². The van der Waals surface area contributed by atoms with Gasteiger partial charge in [0.15, 0.2) is 5.96 Å². The highest BCUT2D eigenvalue weighted by atomic mass is 127. The van der Waals surface area contributed by atoms with Crippen molar-refractivity contribution in [3.8, 4) is 0 Å². The van der Waals surface area contributed by atoms with Gasteiger partial charge in [-0.1, -0.05) is 12.1 Å². The minimum absolute atomic E-state index is 0. The zero-order chi connectivity index (χ0) is 19.8. The maximum atomic E-state index is 12.1. The van der Waals surface area contributed by atoms with Crippen LogP contribution >= 0.6 is 35.3 Å². The van der Waals surface area contributed by atoms with Crippen LogP contribution in [0.5, 0.6) is 0 Å². The number of hydrogen-bond donors (Lipinski definition) is 2. The van der Waals surface area contributed by atoms with Crippen LogP contribution in [0.4, 0.5) is 0 Å². The van der Waals surface area contributed by atoms with Gasteiger partial charge in [-0.25, -0.2) is 0 Å². The molecule has 28 heavy (non-hydrogen) atoms. The zero-order valence-electron chi connectivity index (χ0n) is 17.3. The molecule has 2 aromatic rings. The third kappa shape index (κ3) is 7.79. The summed E-state index contributed by atoms with van der Waals surface area (Å²) in [7, 11) is 5.32. The lowest BCUT2D eigenvalue weighted by Gasteiger charge is -2.17. The molecule has 1 heterocycles. The van der Waals surface area contributed by atoms with Gasteiger partial charge in [-0.15, -0.1) is 35.3 Å². The van der Waals surface area contributed by atoms with Gasteiger partial charge in [-0.2, -0.15) is 0 Å². The van der Waals surface area contributed by atoms with Crippen LogP contribution in [0.25, 0.3) is 0 Å². The van der Waals surface area contributed by atoms with Gasteiger partial charge in [0.05, 0.1) is 0 Å². The summed E-state index contributed by atoms with van der Waals surface area (Å²) in [5, 5.41) is 6.80. The third-order valence-electron chi connectivity index (χ3n) is 4.20. The molecule has 0 aliphatic carbocycles. The molecule has 1 aromatic heterocycles. The average molecular weight is 514 g/mol. The van der Waals surface area contributed by atoms with Crippen molar-refractivity contribution in [2.75, 3.05) is 27.7 Å². The second-order valence-electron chi connectivity index (χ2n) is 6.91. The third-order valence-corrected chi connectivity index (χ3v) is 5.22. The lowest BCUT2D eigenvalue weighted by Crippen LogP contribution is -2.43. The molecule has 7 heteroatoms. The fourth-order valence-electron chi connectivity index (χ4n) is 2.82. The summed E-state index contributed by atoms with van der Waals surface area (Å²) in [5.74, 6) is 0.830. The molecule has 5 nitrogen and oxygen atoms in total. The molecule has 1 aromatic carbocycles. The minimum Gasteiger partial charge on any atom is -0.356 e. The van der Waals surface area contributed by atoms with E-state index in [9.17, 15) is 4.79 Å². The first-order valence-electron chi connectivity index (χ1n) is 9.22. The van der Waals surface area contributed by atoms with Crippen molar-refractivity contribution in [2.45, 2.75) is 32.7 Å². The Hall–Kier alpha value is -1.61. The van der Waals surface area contributed by atoms with Gasteiger partial charge in [0.2, 0.25) is 0 Å². The van der Waals surface area contributed by atoms with Gasteiger partial charge in [0, 0.05) is 55.5 Å². The topological polar surface area (TPSA) is 56.7 Å². The summed E-state index contributed by atoms with van der Waals surface area (Å²) in [6.07, 6.45) is 1.81. The van der Waals surface area contributed by atoms with Crippen molar-refractivity contribution >= 4 is 47.2 Å². The highest BCUT2D eigenvalue weighted by Crippen LogP contribution is 2.16. The number of aryl methyl sites for hydroxylation is 1. The van der Waals surface area contributed by atoms with Crippen molar-refractivity contribution in [2.24, 2.45) is 4.99 Å². The van der Waals surface area contributed by atoms with Crippen molar-refractivity contribution in [3.63, 3.8) is 0 Å². The zero-order valence-corrected chi connectivity index (χ0v) is 20.4. The number of nitrogens with zero attached hydrogens (tertiary/aromatic N) is 2. The van der Waals surface area contributed by atoms with Gasteiger partial charge in [0.1, 0.15) is 0 Å². The number of nitrogens with one attached hydrogen (secondary N) is 2. The molecule has 2 N–H and O–H groups in total. The molecule has 2 rings (SSSR count). The van der Waals surface area contributed by atoms with Crippen molar-refractivity contribution < 1.29 is 4.79 Å². The van der Waals surface area contributed by atoms with Gasteiger partial charge >= 0.3 is 0 Å². The number of guanidine groups is 1. The van der Waals surface area contributed by atoms with Crippen molar-refractivity contribution in [1.82, 2.24) is 15.5 Å². The molecule has 1 amide bonds. The quantitative estimate of drug-likeness (QED) is 0.337. The van der Waals surface area contributed by atoms with E-state index in [4.69, 9.17) is 0 Å². The molecule has 1 atom stereocenters. The summed E-state index contributed by atoms with van der Waals surface area (Å²) < 4.78 is 0. The van der Waals surface area contributed by atoms with Gasteiger partial charge < -0.3 is 15.5 Å². The van der Waals surface area contributed by atoms with Gasteiger partial charge in [-0.3, -0.25) is 9.79 Å². The summed E-state index contributed by atoms with van der Waals surface area (Å²) in [6.45, 7) is 5.05. The molecule has 0 saturated carbocycles. The van der Waals surface area contributed by atoms with Crippen LogP contribution < -0.4 is 10.6 Å². The predicted octanol–water partition coefficient (Wildman–Crippen LogP) is 3.72. The lowest BCUT2D eigenvalue weighted by molar-refractivity contribution is 0.0827. The van der Waals surface area contributed by atoms with Crippen LogP contribution in [0.1, 0.15) is 32.6 Å². The lowest BCUT2D eigenvalue weighted by atomic mass is 10.1. The van der Waals surface area contributed by atoms with Gasteiger partial charge in [0.25, 0.3) is 5.91 Å². The fraction of sp³-hybridized carbons (Fsp3) is 0.429. The molecule has 0 spiro atoms. The van der Waals surface area contributed by atoms with E-state index in [-0.39, 0.29) is 29.9 Å². The molecular formula is C21H31IN4OS. The van der Waals surface area contributed by atoms with Crippen LogP contribution in [0.15, 0.2) is 41.4 Å². The van der Waals surface area contributed by atoms with E-state index in [1.165, 1.54) is 9.75 Å². The summed E-state index contributed by atoms with van der Waals surface area (Å²) in [5.41, 5.74) is 1.85. The van der Waals surface area contributed by atoms with Gasteiger partial charge in [-0.05, 0) is 50.1 Å². The summed E-state index contributed by atoms with van der Waals surface area (Å²) >= 11 is 1.84. The Kier molecular flexibility index (Phi) is 10.5. The number of benzene rings is 1. The van der Waals surface area contributed by atoms with E-state index in [2.05, 4.69) is 41.6 Å². The van der Waals surface area contributed by atoms with Crippen LogP contribution in [0, 0.1) is 6.92 Å². The van der Waals surface area contributed by atoms with Crippen LogP contribution in [-0.4, -0.2) is 50.5 Å². The normalized spacial score (nSPS) is 12.1. The smallest absolute Gasteiger partial charge is 0.253 e. The minimum atomic E-state index is 0. The Morgan fingerprint density at radius 1 is 1.25 bits per heavy atom. The van der Waals surface area contributed by atoms with E-state index in [1.807, 2.05) is 35.6 Å². The number of carbonyl (C=O) groups is 1. The Morgan fingerprint density at radius 2 is 2.00 bits per heavy atom. The second kappa shape index (κ2) is 12.1. The standard InChI is InChI=1S/C21H30N4OS.HI/c1-15(13-19-10-9-16(2)27-19)24-21(22-3)23-12-11-17-7-6-8-18(14-17)20(26)25(4)5;/h6-10,14-15H,11-13H2,1-5H3,(H2,22,23,24);1H. The molecule has 0 aliphatic heterocycles. The number of carbonyl (C=O) groups excluding carboxylic acids is 1. The van der Waals surface area contributed by atoms with E-state index in [1.54, 1.807) is 26.0 Å². The first kappa shape index (κ1) is 24.4. The fourth-order valence-corrected chi connectivity index (χ4v) is 3.84. The first-order valence-corrected chi connectivity index (χ1v) is 10.0. The SMILES string of the molecule is CN=C(NCCc1cccc(C(=O)N(C)C)c1)NC(C)Cc1ccc(C)s1.I. The van der Waals surface area contributed by atoms with E-state index in [0.29, 0.717) is 6.04 Å². The number of thiophene rings is 1. The van der Waals surface area contributed by atoms with Crippen LogP contribution in [-0.2, 0) is 12.8 Å². The van der Waals surface area contributed by atoms with E-state index in [0.717, 1.165) is 36.5 Å². The molecule has 0 radical (unpaired) electrons. The Morgan fingerprint density at radius 3 is 2.61 bits per heavy atom. The molecule has 1 unspecified atom stereocenters. The number of aliphatic imine (C=N–C) groups is 1. The highest BCUT2D eigenvalue weighted by molar-refractivity contribution is 14.0. The Balaban J connectivity index is 0.00000392. The largest absolute Gasteiger partial charge is 0.356 e. The van der Waals surface area contributed by atoms with Crippen molar-refractivity contribution in [3.05, 3.63) is 57.3 Å². The number of hydrogen-bond acceptors (Lipinski definition) is 3. The monoisotopic (exact) mass is 514 g/mol. The van der Waals surface area contributed by atoms with Crippen LogP contribution in [0.2, 0.25) is 0 Å². The highest BCUT2D eigenvalue weighted by Gasteiger charge is 2.09. The molecular weight excluding hydrogens is 483 g/mol. The molecule has 0 saturated heterocycles. The summed E-state index contributed by atoms with van der Waals surface area (Å²) in [6, 6.07) is 12.5. The molecule has 0 bridgehead atoms. The van der Waals surface area contributed by atoms with E-state index >= 15 is 0 Å². The maximum absolute atomic E-state index is 12.1. The molecule has 0 aliphatic rings. The second-order valence-corrected chi connectivity index (χ2v) is 8.28. The predicted molar refractivity (Wildman–Crippen MR) is 130 cm³/mol. The number of rotatable bonds is 7. The average Bonchev–Trinajstić information content (AvgIpc) is 3.04. The van der Waals surface area contributed by atoms with Crippen molar-refractivity contribution in [1.29, 1.82) is 0 Å². The maximum Gasteiger partial charge on any atom is 0.253 e. The molecule has 0 fully saturated rings.